The predicted octanol–water partition coefficient (Wildman–Crippen LogP) is 1.93. The van der Waals surface area contributed by atoms with Crippen molar-refractivity contribution in [2.75, 3.05) is 0 Å². The highest BCUT2D eigenvalue weighted by Gasteiger charge is 2.12. The van der Waals surface area contributed by atoms with Crippen LogP contribution in [0.1, 0.15) is 0 Å². The van der Waals surface area contributed by atoms with Crippen LogP contribution in [0.15, 0.2) is 64.6 Å². The van der Waals surface area contributed by atoms with Crippen LogP contribution in [-0.4, -0.2) is 14.4 Å². The van der Waals surface area contributed by atoms with Crippen LogP contribution in [-0.2, 0) is 10.0 Å². The smallest absolute Gasteiger partial charge is 0.310 e. The van der Waals surface area contributed by atoms with Gasteiger partial charge in [-0.3, -0.25) is 0 Å². The Morgan fingerprint density at radius 1 is 1.10 bits per heavy atom. The minimum absolute atomic E-state index is 0.0769. The van der Waals surface area contributed by atoms with E-state index in [4.69, 9.17) is 22.1 Å². The highest BCUT2D eigenvalue weighted by Crippen LogP contribution is 2.15. The molecule has 2 aromatic carbocycles. The van der Waals surface area contributed by atoms with Gasteiger partial charge < -0.3 is 10.5 Å². The minimum Gasteiger partial charge on any atom is -0.425 e. The van der Waals surface area contributed by atoms with Crippen LogP contribution in [0, 0.1) is 0 Å². The average molecular weight is 326 g/mol. The van der Waals surface area contributed by atoms with Gasteiger partial charge in [0, 0.05) is 5.02 Å². The summed E-state index contributed by atoms with van der Waals surface area (Å²) >= 11 is 5.73. The molecule has 0 unspecified atom stereocenters. The molecule has 0 saturated carbocycles. The molecule has 0 heterocycles. The third-order valence-electron chi connectivity index (χ3n) is 2.37. The van der Waals surface area contributed by atoms with Gasteiger partial charge in [-0.2, -0.15) is 13.2 Å². The molecule has 0 aliphatic carbocycles. The lowest BCUT2D eigenvalue weighted by Gasteiger charge is -2.06. The number of hydrogen-bond acceptors (Lipinski definition) is 4. The maximum absolute atomic E-state index is 11.9. The largest absolute Gasteiger partial charge is 0.425 e. The summed E-state index contributed by atoms with van der Waals surface area (Å²) in [5.74, 6) is 0.388. The first-order valence-corrected chi connectivity index (χ1v) is 7.67. The molecule has 3 N–H and O–H groups in total. The number of benzene rings is 2. The first-order valence-electron chi connectivity index (χ1n) is 5.81. The topological polar surface area (TPSA) is 93.8 Å². The SMILES string of the molecule is N/C(=N\NS(=O)(=O)c1ccccc1)Oc1ccc(Cl)cc1. The van der Waals surface area contributed by atoms with Crippen LogP contribution in [0.3, 0.4) is 0 Å². The van der Waals surface area contributed by atoms with Gasteiger partial charge in [-0.25, -0.2) is 0 Å². The number of sulfonamides is 1. The molecule has 2 aromatic rings. The Kier molecular flexibility index (Phi) is 4.66. The Hall–Kier alpha value is -2.25. The number of nitrogens with two attached hydrogens (primary N) is 1. The summed E-state index contributed by atoms with van der Waals surface area (Å²) in [4.78, 5) is 2.07. The molecule has 110 valence electrons. The Morgan fingerprint density at radius 3 is 2.33 bits per heavy atom. The van der Waals surface area contributed by atoms with Gasteiger partial charge in [-0.15, -0.1) is 5.10 Å². The molecule has 0 radical (unpaired) electrons. The van der Waals surface area contributed by atoms with Crippen LogP contribution >= 0.6 is 11.6 Å². The van der Waals surface area contributed by atoms with E-state index in [9.17, 15) is 8.42 Å². The molecule has 0 aliphatic rings. The highest BCUT2D eigenvalue weighted by molar-refractivity contribution is 7.89. The number of ether oxygens (including phenoxy) is 1. The fourth-order valence-electron chi connectivity index (χ4n) is 1.40. The van der Waals surface area contributed by atoms with Crippen LogP contribution in [0.2, 0.25) is 5.02 Å². The standard InChI is InChI=1S/C13H12ClN3O3S/c14-10-6-8-11(9-7-10)20-13(15)16-17-21(18,19)12-4-2-1-3-5-12/h1-9,17H,(H2,15,16). The summed E-state index contributed by atoms with van der Waals surface area (Å²) in [7, 11) is -3.77. The zero-order chi connectivity index (χ0) is 15.3. The maximum Gasteiger partial charge on any atom is 0.310 e. The quantitative estimate of drug-likeness (QED) is 0.510. The monoisotopic (exact) mass is 325 g/mol. The van der Waals surface area contributed by atoms with Crippen LogP contribution < -0.4 is 15.3 Å². The normalized spacial score (nSPS) is 12.0. The van der Waals surface area contributed by atoms with Crippen molar-refractivity contribution in [2.24, 2.45) is 10.8 Å². The lowest BCUT2D eigenvalue weighted by Crippen LogP contribution is -2.27. The average Bonchev–Trinajstić information content (AvgIpc) is 2.49. The van der Waals surface area contributed by atoms with Gasteiger partial charge in [0.05, 0.1) is 4.90 Å². The second kappa shape index (κ2) is 6.47. The van der Waals surface area contributed by atoms with E-state index >= 15 is 0 Å². The zero-order valence-electron chi connectivity index (χ0n) is 10.7. The van der Waals surface area contributed by atoms with Gasteiger partial charge in [0.25, 0.3) is 10.0 Å². The fourth-order valence-corrected chi connectivity index (χ4v) is 2.36. The van der Waals surface area contributed by atoms with Gasteiger partial charge in [-0.05, 0) is 36.4 Å². The summed E-state index contributed by atoms with van der Waals surface area (Å²) in [5.41, 5.74) is 5.50. The molecular formula is C13H12ClN3O3S. The molecule has 0 fully saturated rings. The molecule has 8 heteroatoms. The maximum atomic E-state index is 11.9. The van der Waals surface area contributed by atoms with E-state index in [0.29, 0.717) is 10.8 Å². The van der Waals surface area contributed by atoms with Crippen LogP contribution in [0.5, 0.6) is 5.75 Å². The van der Waals surface area contributed by atoms with E-state index in [1.165, 1.54) is 12.1 Å². The van der Waals surface area contributed by atoms with E-state index in [1.807, 2.05) is 4.83 Å². The molecule has 0 saturated heterocycles. The molecule has 0 bridgehead atoms. The Bertz CT molecular complexity index is 731. The Morgan fingerprint density at radius 2 is 1.71 bits per heavy atom. The van der Waals surface area contributed by atoms with E-state index in [2.05, 4.69) is 5.10 Å². The lowest BCUT2D eigenvalue weighted by molar-refractivity contribution is 0.532. The van der Waals surface area contributed by atoms with Crippen molar-refractivity contribution in [2.45, 2.75) is 4.90 Å². The number of nitrogens with one attached hydrogen (secondary N) is 1. The van der Waals surface area contributed by atoms with Crippen molar-refractivity contribution in [1.29, 1.82) is 0 Å². The number of rotatable bonds is 4. The lowest BCUT2D eigenvalue weighted by atomic mass is 10.3. The van der Waals surface area contributed by atoms with Gasteiger partial charge in [0.1, 0.15) is 5.75 Å². The fraction of sp³-hybridized carbons (Fsp3) is 0. The summed E-state index contributed by atoms with van der Waals surface area (Å²) in [6.45, 7) is 0. The highest BCUT2D eigenvalue weighted by atomic mass is 35.5. The van der Waals surface area contributed by atoms with Crippen molar-refractivity contribution in [3.63, 3.8) is 0 Å². The second-order valence-electron chi connectivity index (χ2n) is 3.91. The van der Waals surface area contributed by atoms with Gasteiger partial charge in [0.15, 0.2) is 0 Å². The van der Waals surface area contributed by atoms with Crippen molar-refractivity contribution >= 4 is 27.6 Å². The van der Waals surface area contributed by atoms with Crippen molar-refractivity contribution < 1.29 is 13.2 Å². The van der Waals surface area contributed by atoms with Gasteiger partial charge in [-0.1, -0.05) is 29.8 Å². The van der Waals surface area contributed by atoms with Gasteiger partial charge in [0.2, 0.25) is 0 Å². The summed E-state index contributed by atoms with van der Waals surface area (Å²) in [6, 6.07) is 13.8. The summed E-state index contributed by atoms with van der Waals surface area (Å²) < 4.78 is 28.9. The number of hydrazone groups is 1. The summed E-state index contributed by atoms with van der Waals surface area (Å²) in [6.07, 6.45) is 0. The first-order chi connectivity index (χ1) is 9.97. The number of nitrogens with zero attached hydrogens (tertiary/aromatic N) is 1. The van der Waals surface area contributed by atoms with Crippen LogP contribution in [0.25, 0.3) is 0 Å². The van der Waals surface area contributed by atoms with Crippen LogP contribution in [0.4, 0.5) is 0 Å². The Labute approximate surface area is 127 Å². The third kappa shape index (κ3) is 4.37. The van der Waals surface area contributed by atoms with Crippen molar-refractivity contribution in [3.05, 3.63) is 59.6 Å². The predicted molar refractivity (Wildman–Crippen MR) is 80.5 cm³/mol. The molecule has 21 heavy (non-hydrogen) atoms. The zero-order valence-corrected chi connectivity index (χ0v) is 12.3. The molecule has 0 aromatic heterocycles. The molecule has 0 aliphatic heterocycles. The molecule has 0 amide bonds. The molecule has 2 rings (SSSR count). The van der Waals surface area contributed by atoms with Crippen molar-refractivity contribution in [1.82, 2.24) is 4.83 Å². The van der Waals surface area contributed by atoms with E-state index in [-0.39, 0.29) is 10.9 Å². The molecule has 0 atom stereocenters. The van der Waals surface area contributed by atoms with E-state index in [0.717, 1.165) is 0 Å². The van der Waals surface area contributed by atoms with E-state index < -0.39 is 10.0 Å². The minimum atomic E-state index is -3.77. The van der Waals surface area contributed by atoms with E-state index in [1.54, 1.807) is 42.5 Å². The third-order valence-corrected chi connectivity index (χ3v) is 3.84. The second-order valence-corrected chi connectivity index (χ2v) is 6.01. The van der Waals surface area contributed by atoms with Crippen molar-refractivity contribution in [3.8, 4) is 5.75 Å². The molecule has 6 nitrogen and oxygen atoms in total. The summed E-state index contributed by atoms with van der Waals surface area (Å²) in [5, 5.41) is 4.04. The Balaban J connectivity index is 2.05. The van der Waals surface area contributed by atoms with Gasteiger partial charge >= 0.3 is 6.02 Å². The number of amidine groups is 1. The first kappa shape index (κ1) is 15.1. The molecule has 0 spiro atoms. The number of halogens is 1. The molecular weight excluding hydrogens is 314 g/mol. The number of hydrogen-bond donors (Lipinski definition) is 2.